The van der Waals surface area contributed by atoms with Gasteiger partial charge in [-0.3, -0.25) is 9.98 Å². The summed E-state index contributed by atoms with van der Waals surface area (Å²) in [7, 11) is 0. The fourth-order valence-electron chi connectivity index (χ4n) is 1.74. The summed E-state index contributed by atoms with van der Waals surface area (Å²) in [5, 5.41) is 27.0. The highest BCUT2D eigenvalue weighted by Gasteiger charge is 2.16. The van der Waals surface area contributed by atoms with Crippen LogP contribution in [0, 0.1) is 12.3 Å². The number of nitrogens with zero attached hydrogens (tertiary/aromatic N) is 1. The Morgan fingerprint density at radius 3 is 2.68 bits per heavy atom. The van der Waals surface area contributed by atoms with Gasteiger partial charge in [-0.1, -0.05) is 17.7 Å². The van der Waals surface area contributed by atoms with Crippen molar-refractivity contribution in [3.63, 3.8) is 0 Å². The van der Waals surface area contributed by atoms with Crippen LogP contribution >= 0.6 is 11.6 Å². The van der Waals surface area contributed by atoms with Crippen LogP contribution in [0.1, 0.15) is 15.9 Å². The van der Waals surface area contributed by atoms with Crippen LogP contribution in [0.5, 0.6) is 5.75 Å². The number of rotatable bonds is 2. The molecule has 0 aliphatic rings. The first kappa shape index (κ1) is 13.2. The molecule has 0 unspecified atom stereocenters. The van der Waals surface area contributed by atoms with Gasteiger partial charge < -0.3 is 10.2 Å². The minimum Gasteiger partial charge on any atom is -0.505 e. The summed E-state index contributed by atoms with van der Waals surface area (Å²) in [6.07, 6.45) is 1.62. The molecule has 0 spiro atoms. The number of carboxylic acid groups (broad SMARTS) is 1. The summed E-state index contributed by atoms with van der Waals surface area (Å²) in [4.78, 5) is 11.0. The summed E-state index contributed by atoms with van der Waals surface area (Å²) in [6, 6.07) is 5.89. The second-order valence-electron chi connectivity index (χ2n) is 4.09. The van der Waals surface area contributed by atoms with Gasteiger partial charge in [-0.15, -0.1) is 0 Å². The lowest BCUT2D eigenvalue weighted by Crippen LogP contribution is -2.17. The number of hydrogen-bond donors (Lipinski definition) is 3. The second-order valence-corrected chi connectivity index (χ2v) is 4.52. The van der Waals surface area contributed by atoms with Gasteiger partial charge >= 0.3 is 5.97 Å². The van der Waals surface area contributed by atoms with Gasteiger partial charge in [0.15, 0.2) is 5.75 Å². The van der Waals surface area contributed by atoms with Crippen molar-refractivity contribution in [3.05, 3.63) is 52.1 Å². The Morgan fingerprint density at radius 2 is 2.05 bits per heavy atom. The number of carboxylic acids is 1. The van der Waals surface area contributed by atoms with E-state index < -0.39 is 11.7 Å². The minimum absolute atomic E-state index is 0.111. The highest BCUT2D eigenvalue weighted by atomic mass is 35.5. The van der Waals surface area contributed by atoms with Crippen molar-refractivity contribution in [2.45, 2.75) is 6.92 Å². The number of halogens is 1. The maximum absolute atomic E-state index is 11.0. The third kappa shape index (κ3) is 2.46. The molecule has 98 valence electrons. The van der Waals surface area contributed by atoms with Gasteiger partial charge in [0.25, 0.3) is 0 Å². The highest BCUT2D eigenvalue weighted by molar-refractivity contribution is 6.31. The fourth-order valence-corrected chi connectivity index (χ4v) is 1.95. The van der Waals surface area contributed by atoms with E-state index in [-0.39, 0.29) is 21.8 Å². The van der Waals surface area contributed by atoms with Crippen molar-refractivity contribution in [1.82, 2.24) is 4.57 Å². The first-order valence-electron chi connectivity index (χ1n) is 5.40. The topological polar surface area (TPSA) is 86.3 Å². The Labute approximate surface area is 113 Å². The van der Waals surface area contributed by atoms with Crippen molar-refractivity contribution < 1.29 is 15.0 Å². The largest absolute Gasteiger partial charge is 0.505 e. The number of benzene rings is 1. The molecule has 0 aliphatic carbocycles. The first-order chi connectivity index (χ1) is 8.90. The van der Waals surface area contributed by atoms with E-state index in [1.165, 1.54) is 16.7 Å². The van der Waals surface area contributed by atoms with Crippen molar-refractivity contribution in [3.8, 4) is 11.4 Å². The van der Waals surface area contributed by atoms with Crippen molar-refractivity contribution in [2.24, 2.45) is 0 Å². The molecule has 19 heavy (non-hydrogen) atoms. The van der Waals surface area contributed by atoms with E-state index in [0.717, 1.165) is 5.56 Å². The molecule has 0 saturated heterocycles. The molecule has 0 bridgehead atoms. The Kier molecular flexibility index (Phi) is 3.31. The van der Waals surface area contributed by atoms with Crippen LogP contribution in [-0.2, 0) is 0 Å². The van der Waals surface area contributed by atoms with Gasteiger partial charge in [0.05, 0.1) is 5.69 Å². The standard InChI is InChI=1S/C13H11ClN2O3/c1-7-2-3-11(15)16(6-7)10-5-8(14)4-9(12(10)17)13(18)19/h2-6,15,17H,1H3,(H,18,19). The smallest absolute Gasteiger partial charge is 0.339 e. The van der Waals surface area contributed by atoms with E-state index in [2.05, 4.69) is 0 Å². The number of aromatic hydroxyl groups is 1. The Balaban J connectivity index is 2.79. The molecular formula is C13H11ClN2O3. The lowest BCUT2D eigenvalue weighted by atomic mass is 10.1. The summed E-state index contributed by atoms with van der Waals surface area (Å²) in [5.74, 6) is -1.69. The summed E-state index contributed by atoms with van der Waals surface area (Å²) in [6.45, 7) is 1.83. The number of nitrogens with one attached hydrogen (secondary N) is 1. The third-order valence-electron chi connectivity index (χ3n) is 2.64. The van der Waals surface area contributed by atoms with Gasteiger partial charge in [-0.25, -0.2) is 4.79 Å². The van der Waals surface area contributed by atoms with Gasteiger partial charge in [0.2, 0.25) is 0 Å². The van der Waals surface area contributed by atoms with Gasteiger partial charge in [0.1, 0.15) is 11.1 Å². The Bertz CT molecular complexity index is 722. The average molecular weight is 279 g/mol. The molecule has 5 nitrogen and oxygen atoms in total. The lowest BCUT2D eigenvalue weighted by molar-refractivity contribution is 0.0693. The zero-order valence-electron chi connectivity index (χ0n) is 10.0. The quantitative estimate of drug-likeness (QED) is 0.788. The van der Waals surface area contributed by atoms with Crippen LogP contribution in [0.3, 0.4) is 0 Å². The molecule has 2 aromatic rings. The Hall–Kier alpha value is -2.27. The summed E-state index contributed by atoms with van der Waals surface area (Å²) in [5.41, 5.74) is 0.848. The SMILES string of the molecule is Cc1ccc(=N)n(-c2cc(Cl)cc(C(=O)O)c2O)c1. The molecule has 0 saturated carbocycles. The predicted octanol–water partition coefficient (Wildman–Crippen LogP) is 2.32. The molecule has 6 heteroatoms. The molecule has 3 N–H and O–H groups in total. The van der Waals surface area contributed by atoms with Crippen LogP contribution in [0.4, 0.5) is 0 Å². The third-order valence-corrected chi connectivity index (χ3v) is 2.86. The van der Waals surface area contributed by atoms with Crippen molar-refractivity contribution >= 4 is 17.6 Å². The number of aryl methyl sites for hydroxylation is 1. The van der Waals surface area contributed by atoms with Gasteiger partial charge in [0, 0.05) is 11.2 Å². The highest BCUT2D eigenvalue weighted by Crippen LogP contribution is 2.29. The Morgan fingerprint density at radius 1 is 1.37 bits per heavy atom. The molecular weight excluding hydrogens is 268 g/mol. The van der Waals surface area contributed by atoms with Crippen LogP contribution in [-0.4, -0.2) is 20.7 Å². The summed E-state index contributed by atoms with van der Waals surface area (Å²) < 4.78 is 1.38. The maximum atomic E-state index is 11.0. The van der Waals surface area contributed by atoms with Crippen LogP contribution in [0.2, 0.25) is 5.02 Å². The van der Waals surface area contributed by atoms with E-state index in [4.69, 9.17) is 22.1 Å². The van der Waals surface area contributed by atoms with E-state index in [0.29, 0.717) is 0 Å². The number of aromatic carboxylic acids is 1. The normalized spacial score (nSPS) is 10.4. The molecule has 1 aromatic carbocycles. The van der Waals surface area contributed by atoms with Crippen LogP contribution in [0.15, 0.2) is 30.5 Å². The molecule has 0 radical (unpaired) electrons. The minimum atomic E-state index is -1.28. The van der Waals surface area contributed by atoms with Gasteiger partial charge in [-0.2, -0.15) is 0 Å². The first-order valence-corrected chi connectivity index (χ1v) is 5.78. The second kappa shape index (κ2) is 4.78. The molecule has 0 fully saturated rings. The molecule has 2 rings (SSSR count). The zero-order valence-corrected chi connectivity index (χ0v) is 10.8. The van der Waals surface area contributed by atoms with Crippen molar-refractivity contribution in [2.75, 3.05) is 0 Å². The maximum Gasteiger partial charge on any atom is 0.339 e. The molecule has 1 heterocycles. The molecule has 1 aromatic heterocycles. The van der Waals surface area contributed by atoms with E-state index in [9.17, 15) is 9.90 Å². The predicted molar refractivity (Wildman–Crippen MR) is 70.0 cm³/mol. The van der Waals surface area contributed by atoms with Crippen LogP contribution < -0.4 is 5.49 Å². The average Bonchev–Trinajstić information content (AvgIpc) is 2.34. The van der Waals surface area contributed by atoms with Crippen LogP contribution in [0.25, 0.3) is 5.69 Å². The fraction of sp³-hybridized carbons (Fsp3) is 0.0769. The monoisotopic (exact) mass is 278 g/mol. The number of aromatic nitrogens is 1. The molecule has 0 amide bonds. The van der Waals surface area contributed by atoms with Gasteiger partial charge in [-0.05, 0) is 30.7 Å². The zero-order chi connectivity index (χ0) is 14.2. The lowest BCUT2D eigenvalue weighted by Gasteiger charge is -2.12. The molecule has 0 atom stereocenters. The number of phenols is 1. The van der Waals surface area contributed by atoms with E-state index >= 15 is 0 Å². The van der Waals surface area contributed by atoms with E-state index in [1.807, 2.05) is 6.92 Å². The number of carbonyl (C=O) groups is 1. The summed E-state index contributed by atoms with van der Waals surface area (Å²) >= 11 is 5.86. The number of pyridine rings is 1. The van der Waals surface area contributed by atoms with Crippen molar-refractivity contribution in [1.29, 1.82) is 5.41 Å². The number of hydrogen-bond acceptors (Lipinski definition) is 3. The molecule has 0 aliphatic heterocycles. The van der Waals surface area contributed by atoms with E-state index in [1.54, 1.807) is 18.3 Å².